The van der Waals surface area contributed by atoms with E-state index >= 15 is 0 Å². The Labute approximate surface area is 102 Å². The van der Waals surface area contributed by atoms with Gasteiger partial charge in [0, 0.05) is 18.0 Å². The number of carbonyl (C=O) groups excluding carboxylic acids is 2. The lowest BCUT2D eigenvalue weighted by molar-refractivity contribution is -0.124. The van der Waals surface area contributed by atoms with Gasteiger partial charge in [-0.25, -0.2) is 5.48 Å². The predicted octanol–water partition coefficient (Wildman–Crippen LogP) is -0.223. The highest BCUT2D eigenvalue weighted by molar-refractivity contribution is 5.96. The van der Waals surface area contributed by atoms with Gasteiger partial charge in [0.1, 0.15) is 0 Å². The number of nitrogens with one attached hydrogen (secondary N) is 1. The molecule has 1 aromatic heterocycles. The predicted molar refractivity (Wildman–Crippen MR) is 62.2 cm³/mol. The molecule has 0 saturated carbocycles. The van der Waals surface area contributed by atoms with Crippen LogP contribution in [0.3, 0.4) is 0 Å². The largest absolute Gasteiger partial charge is 0.368 e. The standard InChI is InChI=1S/C11H10N4O3/c12-10(16)6-18-15-11(17)7-1-2-8-9(5-7)14-4-3-13-8/h1-5H,6H2,(H2,12,16)(H,15,17). The number of hydrogen-bond donors (Lipinski definition) is 2. The summed E-state index contributed by atoms with van der Waals surface area (Å²) in [6, 6.07) is 4.83. The maximum absolute atomic E-state index is 11.6. The van der Waals surface area contributed by atoms with E-state index < -0.39 is 11.8 Å². The van der Waals surface area contributed by atoms with Gasteiger partial charge in [0.05, 0.1) is 11.0 Å². The summed E-state index contributed by atoms with van der Waals surface area (Å²) in [7, 11) is 0. The minimum Gasteiger partial charge on any atom is -0.368 e. The lowest BCUT2D eigenvalue weighted by Crippen LogP contribution is -2.29. The van der Waals surface area contributed by atoms with Crippen LogP contribution in [0, 0.1) is 0 Å². The Hall–Kier alpha value is -2.54. The van der Waals surface area contributed by atoms with Gasteiger partial charge in [-0.1, -0.05) is 0 Å². The molecule has 0 aliphatic rings. The number of hydrogen-bond acceptors (Lipinski definition) is 5. The van der Waals surface area contributed by atoms with Gasteiger partial charge in [0.2, 0.25) is 5.91 Å². The fraction of sp³-hybridized carbons (Fsp3) is 0.0909. The van der Waals surface area contributed by atoms with Crippen molar-refractivity contribution in [2.75, 3.05) is 6.61 Å². The van der Waals surface area contributed by atoms with Gasteiger partial charge >= 0.3 is 0 Å². The Kier molecular flexibility index (Phi) is 3.44. The molecule has 2 rings (SSSR count). The molecule has 0 bridgehead atoms. The zero-order valence-corrected chi connectivity index (χ0v) is 9.29. The smallest absolute Gasteiger partial charge is 0.274 e. The van der Waals surface area contributed by atoms with Gasteiger partial charge in [-0.3, -0.25) is 24.4 Å². The van der Waals surface area contributed by atoms with Crippen molar-refractivity contribution in [3.63, 3.8) is 0 Å². The maximum Gasteiger partial charge on any atom is 0.274 e. The van der Waals surface area contributed by atoms with Gasteiger partial charge in [0.15, 0.2) is 6.61 Å². The van der Waals surface area contributed by atoms with E-state index in [9.17, 15) is 9.59 Å². The fourth-order valence-electron chi connectivity index (χ4n) is 1.34. The van der Waals surface area contributed by atoms with Crippen molar-refractivity contribution < 1.29 is 14.4 Å². The summed E-state index contributed by atoms with van der Waals surface area (Å²) in [5.41, 5.74) is 8.60. The zero-order valence-electron chi connectivity index (χ0n) is 9.29. The zero-order chi connectivity index (χ0) is 13.0. The van der Waals surface area contributed by atoms with E-state index in [2.05, 4.69) is 20.3 Å². The molecule has 0 radical (unpaired) electrons. The van der Waals surface area contributed by atoms with E-state index in [0.29, 0.717) is 16.6 Å². The molecule has 2 aromatic rings. The normalized spacial score (nSPS) is 10.2. The first-order valence-electron chi connectivity index (χ1n) is 5.08. The Morgan fingerprint density at radius 3 is 2.67 bits per heavy atom. The van der Waals surface area contributed by atoms with Crippen LogP contribution in [-0.4, -0.2) is 28.4 Å². The second-order valence-corrected chi connectivity index (χ2v) is 3.45. The van der Waals surface area contributed by atoms with Gasteiger partial charge in [-0.15, -0.1) is 0 Å². The van der Waals surface area contributed by atoms with Crippen molar-refractivity contribution in [3.8, 4) is 0 Å². The third kappa shape index (κ3) is 2.77. The Morgan fingerprint density at radius 1 is 1.22 bits per heavy atom. The number of carbonyl (C=O) groups is 2. The number of hydroxylamine groups is 1. The number of fused-ring (bicyclic) bond motifs is 1. The number of rotatable bonds is 4. The summed E-state index contributed by atoms with van der Waals surface area (Å²) in [5, 5.41) is 0. The molecule has 18 heavy (non-hydrogen) atoms. The van der Waals surface area contributed by atoms with Crippen LogP contribution < -0.4 is 11.2 Å². The summed E-state index contributed by atoms with van der Waals surface area (Å²) in [6.07, 6.45) is 3.10. The van der Waals surface area contributed by atoms with Crippen molar-refractivity contribution in [2.45, 2.75) is 0 Å². The maximum atomic E-state index is 11.6. The van der Waals surface area contributed by atoms with Gasteiger partial charge in [-0.2, -0.15) is 0 Å². The SMILES string of the molecule is NC(=O)CONC(=O)c1ccc2nccnc2c1. The van der Waals surface area contributed by atoms with Gasteiger partial charge < -0.3 is 5.73 Å². The van der Waals surface area contributed by atoms with Crippen LogP contribution in [0.2, 0.25) is 0 Å². The number of amides is 2. The Bertz CT molecular complexity index is 600. The van der Waals surface area contributed by atoms with Crippen LogP contribution in [0.25, 0.3) is 11.0 Å². The average Bonchev–Trinajstić information content (AvgIpc) is 2.37. The highest BCUT2D eigenvalue weighted by Crippen LogP contribution is 2.10. The van der Waals surface area contributed by atoms with Gasteiger partial charge in [0.25, 0.3) is 5.91 Å². The molecule has 7 heteroatoms. The Morgan fingerprint density at radius 2 is 1.94 bits per heavy atom. The van der Waals surface area contributed by atoms with E-state index in [1.807, 2.05) is 0 Å². The first-order chi connectivity index (χ1) is 8.66. The highest BCUT2D eigenvalue weighted by Gasteiger charge is 2.07. The Balaban J connectivity index is 2.10. The summed E-state index contributed by atoms with van der Waals surface area (Å²) in [4.78, 5) is 34.8. The van der Waals surface area contributed by atoms with Crippen LogP contribution in [0.4, 0.5) is 0 Å². The molecule has 0 unspecified atom stereocenters. The molecule has 0 atom stereocenters. The third-order valence-electron chi connectivity index (χ3n) is 2.11. The van der Waals surface area contributed by atoms with Crippen molar-refractivity contribution in [1.29, 1.82) is 0 Å². The van der Waals surface area contributed by atoms with Crippen LogP contribution in [0.15, 0.2) is 30.6 Å². The van der Waals surface area contributed by atoms with Crippen LogP contribution >= 0.6 is 0 Å². The lowest BCUT2D eigenvalue weighted by Gasteiger charge is -2.04. The molecule has 7 nitrogen and oxygen atoms in total. The molecule has 3 N–H and O–H groups in total. The van der Waals surface area contributed by atoms with Crippen molar-refractivity contribution in [2.24, 2.45) is 5.73 Å². The van der Waals surface area contributed by atoms with Gasteiger partial charge in [-0.05, 0) is 18.2 Å². The topological polar surface area (TPSA) is 107 Å². The van der Waals surface area contributed by atoms with Crippen LogP contribution in [-0.2, 0) is 9.63 Å². The summed E-state index contributed by atoms with van der Waals surface area (Å²) >= 11 is 0. The average molecular weight is 246 g/mol. The molecule has 1 aromatic carbocycles. The molecule has 0 fully saturated rings. The highest BCUT2D eigenvalue weighted by atomic mass is 16.7. The van der Waals surface area contributed by atoms with Crippen molar-refractivity contribution in [3.05, 3.63) is 36.2 Å². The summed E-state index contributed by atoms with van der Waals surface area (Å²) in [5.74, 6) is -1.15. The summed E-state index contributed by atoms with van der Waals surface area (Å²) < 4.78 is 0. The van der Waals surface area contributed by atoms with E-state index in [0.717, 1.165) is 0 Å². The fourth-order valence-corrected chi connectivity index (χ4v) is 1.34. The minimum absolute atomic E-state index is 0.354. The van der Waals surface area contributed by atoms with Crippen LogP contribution in [0.5, 0.6) is 0 Å². The first kappa shape index (κ1) is 11.9. The molecule has 2 amide bonds. The second-order valence-electron chi connectivity index (χ2n) is 3.45. The first-order valence-corrected chi connectivity index (χ1v) is 5.08. The van der Waals surface area contributed by atoms with Crippen LogP contribution in [0.1, 0.15) is 10.4 Å². The number of nitrogens with two attached hydrogens (primary N) is 1. The number of benzene rings is 1. The van der Waals surface area contributed by atoms with Crippen molar-refractivity contribution in [1.82, 2.24) is 15.4 Å². The van der Waals surface area contributed by atoms with E-state index in [4.69, 9.17) is 5.73 Å². The molecular formula is C11H10N4O3. The third-order valence-corrected chi connectivity index (χ3v) is 2.11. The molecule has 0 aliphatic carbocycles. The van der Waals surface area contributed by atoms with E-state index in [1.165, 1.54) is 6.20 Å². The summed E-state index contributed by atoms with van der Waals surface area (Å²) in [6.45, 7) is -0.376. The molecule has 0 saturated heterocycles. The molecule has 0 spiro atoms. The second kappa shape index (κ2) is 5.19. The monoisotopic (exact) mass is 246 g/mol. The molecule has 0 aliphatic heterocycles. The lowest BCUT2D eigenvalue weighted by atomic mass is 10.2. The number of aromatic nitrogens is 2. The van der Waals surface area contributed by atoms with E-state index in [-0.39, 0.29) is 6.61 Å². The molecular weight excluding hydrogens is 236 g/mol. The number of primary amides is 1. The molecule has 92 valence electrons. The molecule has 1 heterocycles. The number of nitrogens with zero attached hydrogens (tertiary/aromatic N) is 2. The van der Waals surface area contributed by atoms with E-state index in [1.54, 1.807) is 24.4 Å². The minimum atomic E-state index is -0.667. The van der Waals surface area contributed by atoms with Crippen molar-refractivity contribution >= 4 is 22.8 Å². The quantitative estimate of drug-likeness (QED) is 0.725.